The number of hydrogen-bond donors (Lipinski definition) is 1. The fraction of sp³-hybridized carbons (Fsp3) is 0.133. The fourth-order valence-electron chi connectivity index (χ4n) is 2.36. The third-order valence-corrected chi connectivity index (χ3v) is 5.53. The molecule has 3 rings (SSSR count). The number of nitrogens with zero attached hydrogens (tertiary/aromatic N) is 1. The summed E-state index contributed by atoms with van der Waals surface area (Å²) in [5.41, 5.74) is -3.18. The molecule has 3 aromatic rings. The van der Waals surface area contributed by atoms with E-state index in [2.05, 4.69) is 0 Å². The lowest BCUT2D eigenvalue weighted by molar-refractivity contribution is -0.0327. The van der Waals surface area contributed by atoms with Crippen LogP contribution in [-0.4, -0.2) is 21.1 Å². The van der Waals surface area contributed by atoms with Crippen LogP contribution in [0.15, 0.2) is 33.9 Å². The van der Waals surface area contributed by atoms with E-state index in [-0.39, 0.29) is 32.3 Å². The molecule has 0 unspecified atom stereocenters. The Labute approximate surface area is 147 Å². The highest BCUT2D eigenvalue weighted by atomic mass is 35.5. The Morgan fingerprint density at radius 1 is 1.33 bits per heavy atom. The van der Waals surface area contributed by atoms with Crippen LogP contribution in [0.2, 0.25) is 5.02 Å². The number of alkyl halides is 3. The lowest BCUT2D eigenvalue weighted by Crippen LogP contribution is -2.12. The first-order chi connectivity index (χ1) is 11.2. The minimum absolute atomic E-state index is 0.00404. The molecule has 3 nitrogen and oxygen atoms in total. The van der Waals surface area contributed by atoms with E-state index < -0.39 is 11.4 Å². The zero-order chi connectivity index (χ0) is 17.6. The molecule has 0 fully saturated rings. The molecule has 0 bridgehead atoms. The van der Waals surface area contributed by atoms with Crippen LogP contribution in [0.1, 0.15) is 16.1 Å². The molecule has 0 saturated carbocycles. The quantitative estimate of drug-likeness (QED) is 0.572. The Morgan fingerprint density at radius 2 is 2.04 bits per heavy atom. The van der Waals surface area contributed by atoms with Crippen molar-refractivity contribution in [2.24, 2.45) is 0 Å². The van der Waals surface area contributed by atoms with Crippen molar-refractivity contribution < 1.29 is 23.1 Å². The highest BCUT2D eigenvalue weighted by molar-refractivity contribution is 8.01. The van der Waals surface area contributed by atoms with Crippen molar-refractivity contribution in [2.75, 3.05) is 0 Å². The van der Waals surface area contributed by atoms with E-state index in [1.165, 1.54) is 22.1 Å². The number of thiophene rings is 1. The van der Waals surface area contributed by atoms with Gasteiger partial charge in [0.15, 0.2) is 0 Å². The number of aryl methyl sites for hydroxylation is 1. The van der Waals surface area contributed by atoms with Crippen molar-refractivity contribution in [2.45, 2.75) is 16.6 Å². The second kappa shape index (κ2) is 6.02. The molecule has 1 aromatic carbocycles. The molecule has 0 radical (unpaired) electrons. The van der Waals surface area contributed by atoms with Crippen molar-refractivity contribution in [1.82, 2.24) is 4.57 Å². The molecule has 0 amide bonds. The number of aromatic hydroxyl groups is 1. The smallest absolute Gasteiger partial charge is 0.447 e. The maximum atomic E-state index is 12.7. The number of thioether (sulfide) groups is 1. The fourth-order valence-corrected chi connectivity index (χ4v) is 4.22. The summed E-state index contributed by atoms with van der Waals surface area (Å²) in [4.78, 5) is 12.7. The third kappa shape index (κ3) is 3.13. The second-order valence-corrected chi connectivity index (χ2v) is 7.61. The van der Waals surface area contributed by atoms with Gasteiger partial charge in [-0.05, 0) is 43.0 Å². The van der Waals surface area contributed by atoms with Crippen molar-refractivity contribution in [3.8, 4) is 5.75 Å². The molecule has 0 saturated heterocycles. The van der Waals surface area contributed by atoms with E-state index in [1.54, 1.807) is 19.1 Å². The summed E-state index contributed by atoms with van der Waals surface area (Å²) in [6, 6.07) is 5.77. The van der Waals surface area contributed by atoms with Crippen molar-refractivity contribution in [1.29, 1.82) is 0 Å². The first-order valence-corrected chi connectivity index (χ1v) is 8.63. The summed E-state index contributed by atoms with van der Waals surface area (Å²) in [5.74, 6) is -0.553. The van der Waals surface area contributed by atoms with E-state index in [1.807, 2.05) is 0 Å². The van der Waals surface area contributed by atoms with Gasteiger partial charge in [0.1, 0.15) is 5.75 Å². The molecule has 9 heteroatoms. The van der Waals surface area contributed by atoms with Crippen LogP contribution in [0.25, 0.3) is 10.9 Å². The van der Waals surface area contributed by atoms with Gasteiger partial charge in [-0.2, -0.15) is 13.2 Å². The minimum atomic E-state index is -4.40. The maximum absolute atomic E-state index is 12.7. The molecule has 2 aromatic heterocycles. The van der Waals surface area contributed by atoms with Crippen molar-refractivity contribution in [3.63, 3.8) is 0 Å². The molecule has 126 valence electrons. The molecule has 24 heavy (non-hydrogen) atoms. The summed E-state index contributed by atoms with van der Waals surface area (Å²) in [6.45, 7) is 1.68. The number of phenols is 1. The maximum Gasteiger partial charge on any atom is 0.447 e. The van der Waals surface area contributed by atoms with Crippen LogP contribution in [0.4, 0.5) is 13.2 Å². The molecule has 0 aliphatic rings. The Balaban J connectivity index is 2.03. The predicted octanol–water partition coefficient (Wildman–Crippen LogP) is 5.67. The Morgan fingerprint density at radius 3 is 2.71 bits per heavy atom. The van der Waals surface area contributed by atoms with Crippen LogP contribution >= 0.6 is 34.7 Å². The summed E-state index contributed by atoms with van der Waals surface area (Å²) >= 11 is 6.65. The molecule has 0 atom stereocenters. The number of benzene rings is 1. The monoisotopic (exact) mass is 391 g/mol. The summed E-state index contributed by atoms with van der Waals surface area (Å²) in [5, 5.41) is 11.7. The summed E-state index contributed by atoms with van der Waals surface area (Å²) < 4.78 is 38.6. The van der Waals surface area contributed by atoms with Gasteiger partial charge in [0.25, 0.3) is 5.91 Å². The molecule has 0 aliphatic carbocycles. The predicted molar refractivity (Wildman–Crippen MR) is 89.3 cm³/mol. The Bertz CT molecular complexity index is 946. The SMILES string of the molecule is Cc1cc2c(Cl)c(O)ccc2n1C(=O)c1csc(SC(F)(F)F)c1. The van der Waals surface area contributed by atoms with Crippen molar-refractivity contribution in [3.05, 3.63) is 45.9 Å². The van der Waals surface area contributed by atoms with E-state index in [0.717, 1.165) is 11.3 Å². The lowest BCUT2D eigenvalue weighted by Gasteiger charge is -2.06. The van der Waals surface area contributed by atoms with Gasteiger partial charge in [-0.25, -0.2) is 0 Å². The number of phenolic OH excluding ortho intramolecular Hbond substituents is 1. The highest BCUT2D eigenvalue weighted by Crippen LogP contribution is 2.40. The average Bonchev–Trinajstić information content (AvgIpc) is 3.05. The van der Waals surface area contributed by atoms with Crippen molar-refractivity contribution >= 4 is 51.5 Å². The van der Waals surface area contributed by atoms with Crippen LogP contribution in [0, 0.1) is 6.92 Å². The number of hydrogen-bond acceptors (Lipinski definition) is 4. The molecule has 1 N–H and O–H groups in total. The van der Waals surface area contributed by atoms with Gasteiger partial charge >= 0.3 is 5.51 Å². The normalized spacial score (nSPS) is 12.0. The van der Waals surface area contributed by atoms with Gasteiger partial charge in [0, 0.05) is 16.5 Å². The first kappa shape index (κ1) is 17.2. The van der Waals surface area contributed by atoms with Crippen LogP contribution < -0.4 is 0 Å². The zero-order valence-electron chi connectivity index (χ0n) is 12.0. The van der Waals surface area contributed by atoms with Gasteiger partial charge < -0.3 is 5.11 Å². The molecular weight excluding hydrogens is 383 g/mol. The number of aromatic nitrogens is 1. The zero-order valence-corrected chi connectivity index (χ0v) is 14.4. The topological polar surface area (TPSA) is 42.2 Å². The largest absolute Gasteiger partial charge is 0.506 e. The number of fused-ring (bicyclic) bond motifs is 1. The third-order valence-electron chi connectivity index (χ3n) is 3.32. The van der Waals surface area contributed by atoms with Crippen LogP contribution in [-0.2, 0) is 0 Å². The highest BCUT2D eigenvalue weighted by Gasteiger charge is 2.30. The van der Waals surface area contributed by atoms with Crippen LogP contribution in [0.3, 0.4) is 0 Å². The van der Waals surface area contributed by atoms with E-state index in [9.17, 15) is 23.1 Å². The van der Waals surface area contributed by atoms with E-state index in [0.29, 0.717) is 16.6 Å². The number of rotatable bonds is 2. The lowest BCUT2D eigenvalue weighted by atomic mass is 10.2. The van der Waals surface area contributed by atoms with Gasteiger partial charge in [-0.1, -0.05) is 11.6 Å². The van der Waals surface area contributed by atoms with Gasteiger partial charge in [0.2, 0.25) is 0 Å². The number of carbonyl (C=O) groups is 1. The van der Waals surface area contributed by atoms with Gasteiger partial charge in [-0.15, -0.1) is 11.3 Å². The van der Waals surface area contributed by atoms with Crippen LogP contribution in [0.5, 0.6) is 5.75 Å². The molecule has 2 heterocycles. The molecular formula is C15H9ClF3NO2S2. The van der Waals surface area contributed by atoms with E-state index in [4.69, 9.17) is 11.6 Å². The minimum Gasteiger partial charge on any atom is -0.506 e. The average molecular weight is 392 g/mol. The number of halogens is 4. The Kier molecular flexibility index (Phi) is 4.31. The first-order valence-electron chi connectivity index (χ1n) is 6.56. The second-order valence-electron chi connectivity index (χ2n) is 4.96. The number of carbonyl (C=O) groups excluding carboxylic acids is 1. The van der Waals surface area contributed by atoms with Gasteiger partial charge in [-0.3, -0.25) is 9.36 Å². The summed E-state index contributed by atoms with van der Waals surface area (Å²) in [6.07, 6.45) is 0. The molecule has 0 spiro atoms. The molecule has 0 aliphatic heterocycles. The van der Waals surface area contributed by atoms with Gasteiger partial charge in [0.05, 0.1) is 20.3 Å². The standard InChI is InChI=1S/C15H9ClF3NO2S2/c1-7-4-9-10(2-3-11(21)13(9)16)20(7)14(22)8-5-12(23-6-8)24-15(17,18)19/h2-6,21H,1H3. The Hall–Kier alpha value is -1.64. The van der Waals surface area contributed by atoms with E-state index >= 15 is 0 Å². The summed E-state index contributed by atoms with van der Waals surface area (Å²) in [7, 11) is 0.